The van der Waals surface area contributed by atoms with Crippen molar-refractivity contribution in [2.45, 2.75) is 5.75 Å². The number of carbonyl (C=O) groups excluding carboxylic acids is 1. The SMILES string of the molecule is CNC(=O)CSCc1ccc(C#N)cc1. The number of rotatable bonds is 4. The van der Waals surface area contributed by atoms with Crippen molar-refractivity contribution in [3.63, 3.8) is 0 Å². The van der Waals surface area contributed by atoms with Gasteiger partial charge in [0.05, 0.1) is 17.4 Å². The number of carbonyl (C=O) groups is 1. The van der Waals surface area contributed by atoms with Crippen LogP contribution < -0.4 is 5.32 Å². The van der Waals surface area contributed by atoms with Crippen molar-refractivity contribution in [3.05, 3.63) is 35.4 Å². The van der Waals surface area contributed by atoms with Gasteiger partial charge in [-0.1, -0.05) is 12.1 Å². The van der Waals surface area contributed by atoms with Gasteiger partial charge in [0.2, 0.25) is 5.91 Å². The van der Waals surface area contributed by atoms with Crippen molar-refractivity contribution < 1.29 is 4.79 Å². The lowest BCUT2D eigenvalue weighted by Crippen LogP contribution is -2.19. The maximum Gasteiger partial charge on any atom is 0.229 e. The van der Waals surface area contributed by atoms with Gasteiger partial charge in [0.25, 0.3) is 0 Å². The van der Waals surface area contributed by atoms with Gasteiger partial charge in [-0.25, -0.2) is 0 Å². The summed E-state index contributed by atoms with van der Waals surface area (Å²) in [5, 5.41) is 11.2. The van der Waals surface area contributed by atoms with Gasteiger partial charge >= 0.3 is 0 Å². The minimum absolute atomic E-state index is 0.0358. The van der Waals surface area contributed by atoms with Crippen LogP contribution in [-0.2, 0) is 10.5 Å². The quantitative estimate of drug-likeness (QED) is 0.837. The average molecular weight is 220 g/mol. The lowest BCUT2D eigenvalue weighted by atomic mass is 10.2. The van der Waals surface area contributed by atoms with Gasteiger partial charge in [0.1, 0.15) is 0 Å². The second-order valence-electron chi connectivity index (χ2n) is 2.97. The largest absolute Gasteiger partial charge is 0.358 e. The molecular weight excluding hydrogens is 208 g/mol. The fraction of sp³-hybridized carbons (Fsp3) is 0.273. The van der Waals surface area contributed by atoms with Gasteiger partial charge in [0.15, 0.2) is 0 Å². The monoisotopic (exact) mass is 220 g/mol. The zero-order chi connectivity index (χ0) is 11.1. The molecule has 0 atom stereocenters. The number of nitrogens with zero attached hydrogens (tertiary/aromatic N) is 1. The molecule has 0 aliphatic carbocycles. The van der Waals surface area contributed by atoms with Crippen LogP contribution >= 0.6 is 11.8 Å². The molecule has 0 aromatic heterocycles. The lowest BCUT2D eigenvalue weighted by molar-refractivity contribution is -0.118. The predicted octanol–water partition coefficient (Wildman–Crippen LogP) is 1.54. The van der Waals surface area contributed by atoms with Crippen LogP contribution in [0.2, 0.25) is 0 Å². The van der Waals surface area contributed by atoms with Gasteiger partial charge in [-0.3, -0.25) is 4.79 Å². The Morgan fingerprint density at radius 1 is 1.47 bits per heavy atom. The fourth-order valence-electron chi connectivity index (χ4n) is 1.01. The minimum atomic E-state index is 0.0358. The summed E-state index contributed by atoms with van der Waals surface area (Å²) in [6.07, 6.45) is 0. The van der Waals surface area contributed by atoms with Crippen LogP contribution in [0.4, 0.5) is 0 Å². The summed E-state index contributed by atoms with van der Waals surface area (Å²) in [7, 11) is 1.63. The van der Waals surface area contributed by atoms with Crippen LogP contribution in [0.5, 0.6) is 0 Å². The summed E-state index contributed by atoms with van der Waals surface area (Å²) in [4.78, 5) is 10.9. The first-order chi connectivity index (χ1) is 7.26. The van der Waals surface area contributed by atoms with Crippen LogP contribution in [0.15, 0.2) is 24.3 Å². The highest BCUT2D eigenvalue weighted by Crippen LogP contribution is 2.12. The minimum Gasteiger partial charge on any atom is -0.358 e. The molecule has 1 aromatic carbocycles. The Balaban J connectivity index is 2.38. The fourth-order valence-corrected chi connectivity index (χ4v) is 1.87. The Labute approximate surface area is 93.5 Å². The molecule has 0 bridgehead atoms. The summed E-state index contributed by atoms with van der Waals surface area (Å²) in [5.74, 6) is 1.30. The van der Waals surface area contributed by atoms with E-state index in [1.54, 1.807) is 30.9 Å². The Bertz CT molecular complexity index is 367. The van der Waals surface area contributed by atoms with E-state index in [4.69, 9.17) is 5.26 Å². The normalized spacial score (nSPS) is 9.33. The highest BCUT2D eigenvalue weighted by molar-refractivity contribution is 7.99. The van der Waals surface area contributed by atoms with Crippen LogP contribution in [0.1, 0.15) is 11.1 Å². The summed E-state index contributed by atoms with van der Waals surface area (Å²) in [5.41, 5.74) is 1.79. The molecule has 0 saturated carbocycles. The lowest BCUT2D eigenvalue weighted by Gasteiger charge is -2.01. The Kier molecular flexibility index (Phi) is 4.72. The zero-order valence-electron chi connectivity index (χ0n) is 8.49. The van der Waals surface area contributed by atoms with Gasteiger partial charge in [-0.15, -0.1) is 11.8 Å². The molecule has 3 nitrogen and oxygen atoms in total. The Hall–Kier alpha value is -1.47. The molecule has 0 fully saturated rings. The number of nitrogens with one attached hydrogen (secondary N) is 1. The van der Waals surface area contributed by atoms with Gasteiger partial charge in [-0.05, 0) is 17.7 Å². The first-order valence-electron chi connectivity index (χ1n) is 4.53. The van der Waals surface area contributed by atoms with Crippen LogP contribution in [0.3, 0.4) is 0 Å². The molecule has 4 heteroatoms. The average Bonchev–Trinajstić information content (AvgIpc) is 2.29. The second kappa shape index (κ2) is 6.10. The van der Waals surface area contributed by atoms with Crippen molar-refractivity contribution in [1.29, 1.82) is 5.26 Å². The van der Waals surface area contributed by atoms with Gasteiger partial charge < -0.3 is 5.32 Å². The smallest absolute Gasteiger partial charge is 0.229 e. The van der Waals surface area contributed by atoms with Crippen molar-refractivity contribution in [3.8, 4) is 6.07 Å². The summed E-state index contributed by atoms with van der Waals surface area (Å²) >= 11 is 1.56. The molecule has 78 valence electrons. The maximum absolute atomic E-state index is 10.9. The first-order valence-corrected chi connectivity index (χ1v) is 5.69. The van der Waals surface area contributed by atoms with E-state index < -0.39 is 0 Å². The van der Waals surface area contributed by atoms with Crippen LogP contribution in [0, 0.1) is 11.3 Å². The molecule has 0 spiro atoms. The second-order valence-corrected chi connectivity index (χ2v) is 3.96. The third kappa shape index (κ3) is 4.05. The third-order valence-electron chi connectivity index (χ3n) is 1.86. The molecule has 0 unspecified atom stereocenters. The molecule has 0 radical (unpaired) electrons. The number of nitriles is 1. The summed E-state index contributed by atoms with van der Waals surface area (Å²) in [6.45, 7) is 0. The van der Waals surface area contributed by atoms with Crippen molar-refractivity contribution >= 4 is 17.7 Å². The topological polar surface area (TPSA) is 52.9 Å². The van der Waals surface area contributed by atoms with E-state index in [1.807, 2.05) is 12.1 Å². The molecule has 1 amide bonds. The highest BCUT2D eigenvalue weighted by Gasteiger charge is 1.99. The Morgan fingerprint density at radius 3 is 2.67 bits per heavy atom. The molecule has 0 heterocycles. The van der Waals surface area contributed by atoms with Crippen molar-refractivity contribution in [2.75, 3.05) is 12.8 Å². The zero-order valence-corrected chi connectivity index (χ0v) is 9.30. The van der Waals surface area contributed by atoms with E-state index in [0.29, 0.717) is 11.3 Å². The van der Waals surface area contributed by atoms with E-state index in [1.165, 1.54) is 0 Å². The third-order valence-corrected chi connectivity index (χ3v) is 2.87. The molecular formula is C11H12N2OS. The molecule has 15 heavy (non-hydrogen) atoms. The number of hydrogen-bond acceptors (Lipinski definition) is 3. The predicted molar refractivity (Wildman–Crippen MR) is 61.4 cm³/mol. The van der Waals surface area contributed by atoms with E-state index in [0.717, 1.165) is 11.3 Å². The van der Waals surface area contributed by atoms with Gasteiger partial charge in [0, 0.05) is 12.8 Å². The van der Waals surface area contributed by atoms with Gasteiger partial charge in [-0.2, -0.15) is 5.26 Å². The number of thioether (sulfide) groups is 1. The van der Waals surface area contributed by atoms with Crippen LogP contribution in [-0.4, -0.2) is 18.7 Å². The van der Waals surface area contributed by atoms with Crippen molar-refractivity contribution in [2.24, 2.45) is 0 Å². The number of amides is 1. The highest BCUT2D eigenvalue weighted by atomic mass is 32.2. The van der Waals surface area contributed by atoms with E-state index in [2.05, 4.69) is 11.4 Å². The molecule has 0 aliphatic rings. The van der Waals surface area contributed by atoms with Crippen molar-refractivity contribution in [1.82, 2.24) is 5.32 Å². The summed E-state index contributed by atoms with van der Waals surface area (Å²) < 4.78 is 0. The molecule has 0 aliphatic heterocycles. The molecule has 1 aromatic rings. The molecule has 1 N–H and O–H groups in total. The number of benzene rings is 1. The summed E-state index contributed by atoms with van der Waals surface area (Å²) in [6, 6.07) is 9.47. The first kappa shape index (κ1) is 11.6. The van der Waals surface area contributed by atoms with Crippen LogP contribution in [0.25, 0.3) is 0 Å². The number of hydrogen-bond donors (Lipinski definition) is 1. The maximum atomic E-state index is 10.9. The van der Waals surface area contributed by atoms with E-state index in [9.17, 15) is 4.79 Å². The Morgan fingerprint density at radius 2 is 2.13 bits per heavy atom. The van der Waals surface area contributed by atoms with E-state index in [-0.39, 0.29) is 5.91 Å². The standard InChI is InChI=1S/C11H12N2OS/c1-13-11(14)8-15-7-10-4-2-9(6-12)3-5-10/h2-5H,7-8H2,1H3,(H,13,14). The van der Waals surface area contributed by atoms with E-state index >= 15 is 0 Å². The molecule has 0 saturated heterocycles. The molecule has 1 rings (SSSR count).